The van der Waals surface area contributed by atoms with Crippen molar-refractivity contribution in [2.24, 2.45) is 0 Å². The number of hydrogen-bond donors (Lipinski definition) is 0. The van der Waals surface area contributed by atoms with E-state index < -0.39 is 36.6 Å². The molecule has 0 saturated carbocycles. The molecule has 2 aromatic rings. The quantitative estimate of drug-likeness (QED) is 0.534. The highest BCUT2D eigenvalue weighted by atomic mass is 32.1. The van der Waals surface area contributed by atoms with Crippen LogP contribution < -0.4 is 10.2 Å². The van der Waals surface area contributed by atoms with Crippen LogP contribution in [-0.2, 0) is 14.0 Å². The number of fused-ring (bicyclic) bond motifs is 1. The van der Waals surface area contributed by atoms with Gasteiger partial charge in [-0.3, -0.25) is 4.79 Å². The molecule has 0 spiro atoms. The van der Waals surface area contributed by atoms with Crippen LogP contribution in [0.5, 0.6) is 5.75 Å². The van der Waals surface area contributed by atoms with Crippen LogP contribution >= 0.6 is 11.3 Å². The van der Waals surface area contributed by atoms with Gasteiger partial charge in [0, 0.05) is 36.3 Å². The second-order valence-electron chi connectivity index (χ2n) is 11.3. The Morgan fingerprint density at radius 1 is 1.00 bits per heavy atom. The van der Waals surface area contributed by atoms with E-state index in [1.807, 2.05) is 48.5 Å². The fourth-order valence-electron chi connectivity index (χ4n) is 4.11. The number of carbonyl (C=O) groups is 2. The highest BCUT2D eigenvalue weighted by molar-refractivity contribution is 7.20. The minimum atomic E-state index is -3.03. The molecule has 2 fully saturated rings. The molecule has 3 heterocycles. The Labute approximate surface area is 219 Å². The normalized spacial score (nSPS) is 19.6. The highest BCUT2D eigenvalue weighted by Crippen LogP contribution is 2.38. The number of rotatable bonds is 4. The zero-order valence-corrected chi connectivity index (χ0v) is 23.0. The molecule has 0 radical (unpaired) electrons. The minimum Gasteiger partial charge on any atom is -0.444 e. The maximum absolute atomic E-state index is 13.2. The molecule has 37 heavy (non-hydrogen) atoms. The fourth-order valence-corrected chi connectivity index (χ4v) is 5.17. The molecule has 12 heteroatoms. The third-order valence-corrected chi connectivity index (χ3v) is 7.89. The third kappa shape index (κ3) is 5.86. The molecule has 2 aliphatic rings. The number of alkyl halides is 2. The van der Waals surface area contributed by atoms with E-state index in [1.54, 1.807) is 21.9 Å². The minimum absolute atomic E-state index is 0.0521. The van der Waals surface area contributed by atoms with Crippen LogP contribution in [0.2, 0.25) is 0 Å². The molecule has 1 aromatic carbocycles. The summed E-state index contributed by atoms with van der Waals surface area (Å²) >= 11 is 1.26. The lowest BCUT2D eigenvalue weighted by atomic mass is 9.78. The number of benzene rings is 1. The first-order valence-corrected chi connectivity index (χ1v) is 13.0. The van der Waals surface area contributed by atoms with Gasteiger partial charge in [-0.2, -0.15) is 8.78 Å². The Bertz CT molecular complexity index is 1170. The lowest BCUT2D eigenvalue weighted by Crippen LogP contribution is -2.51. The van der Waals surface area contributed by atoms with E-state index in [1.165, 1.54) is 17.4 Å². The summed E-state index contributed by atoms with van der Waals surface area (Å²) in [6.45, 7) is 11.4. The molecule has 2 saturated heterocycles. The van der Waals surface area contributed by atoms with Crippen LogP contribution in [0.3, 0.4) is 0 Å². The van der Waals surface area contributed by atoms with Crippen molar-refractivity contribution < 1.29 is 37.2 Å². The summed E-state index contributed by atoms with van der Waals surface area (Å²) in [6.07, 6.45) is -0.400. The van der Waals surface area contributed by atoms with Gasteiger partial charge in [-0.05, 0) is 72.1 Å². The number of thiophene rings is 1. The number of hydrogen-bond acceptors (Lipinski definition) is 7. The maximum atomic E-state index is 13.2. The van der Waals surface area contributed by atoms with Crippen molar-refractivity contribution >= 4 is 46.0 Å². The van der Waals surface area contributed by atoms with Gasteiger partial charge in [0.1, 0.15) is 11.4 Å². The second kappa shape index (κ2) is 9.70. The summed E-state index contributed by atoms with van der Waals surface area (Å²) in [4.78, 5) is 29.3. The number of piperazine rings is 1. The van der Waals surface area contributed by atoms with Crippen LogP contribution in [0.25, 0.3) is 10.1 Å². The van der Waals surface area contributed by atoms with Gasteiger partial charge in [0.15, 0.2) is 0 Å². The van der Waals surface area contributed by atoms with Gasteiger partial charge in [-0.15, -0.1) is 11.3 Å². The van der Waals surface area contributed by atoms with Crippen molar-refractivity contribution in [3.05, 3.63) is 23.1 Å². The summed E-state index contributed by atoms with van der Waals surface area (Å²) in [7, 11) is -0.898. The molecule has 0 aliphatic carbocycles. The van der Waals surface area contributed by atoms with Gasteiger partial charge in [0.25, 0.3) is 5.91 Å². The number of halogens is 2. The molecule has 0 unspecified atom stereocenters. The van der Waals surface area contributed by atoms with Gasteiger partial charge in [-0.25, -0.2) is 4.79 Å². The van der Waals surface area contributed by atoms with Crippen LogP contribution in [0.4, 0.5) is 13.6 Å². The van der Waals surface area contributed by atoms with Crippen LogP contribution in [-0.4, -0.2) is 78.5 Å². The van der Waals surface area contributed by atoms with Crippen molar-refractivity contribution in [1.29, 1.82) is 0 Å². The van der Waals surface area contributed by atoms with Gasteiger partial charge >= 0.3 is 19.8 Å². The summed E-state index contributed by atoms with van der Waals surface area (Å²) in [6, 6.07) is 4.86. The van der Waals surface area contributed by atoms with Crippen molar-refractivity contribution in [2.45, 2.75) is 71.9 Å². The number of amides is 2. The summed E-state index contributed by atoms with van der Waals surface area (Å²) < 4.78 is 49.6. The summed E-state index contributed by atoms with van der Waals surface area (Å²) in [5.41, 5.74) is -1.56. The second-order valence-corrected chi connectivity index (χ2v) is 12.3. The molecule has 202 valence electrons. The van der Waals surface area contributed by atoms with Crippen molar-refractivity contribution in [2.75, 3.05) is 26.2 Å². The third-order valence-electron chi connectivity index (χ3n) is 6.80. The number of nitrogens with zero attached hydrogens (tertiary/aromatic N) is 2. The molecule has 0 atom stereocenters. The molecular formula is C25H33BF2N2O6S. The molecule has 8 nitrogen and oxygen atoms in total. The Kier molecular flexibility index (Phi) is 7.24. The Hall–Kier alpha value is -2.44. The standard InChI is InChI=1S/C25H33BF2N2O6S/c1-23(2,3)34-22(32)30-10-8-29(9-11-30)20(31)19-13-15-12-17(33-21(27)28)16(14-18(15)37-19)26-35-24(4,5)25(6,7)36-26/h12-14,21H,8-11H2,1-7H3. The lowest BCUT2D eigenvalue weighted by molar-refractivity contribution is -0.0491. The van der Waals surface area contributed by atoms with E-state index in [9.17, 15) is 18.4 Å². The average molecular weight is 538 g/mol. The smallest absolute Gasteiger partial charge is 0.444 e. The fraction of sp³-hybridized carbons (Fsp3) is 0.600. The lowest BCUT2D eigenvalue weighted by Gasteiger charge is -2.35. The molecular weight excluding hydrogens is 505 g/mol. The van der Waals surface area contributed by atoms with E-state index in [4.69, 9.17) is 18.8 Å². The van der Waals surface area contributed by atoms with Crippen molar-refractivity contribution in [1.82, 2.24) is 9.80 Å². The van der Waals surface area contributed by atoms with Gasteiger partial charge in [0.05, 0.1) is 16.1 Å². The van der Waals surface area contributed by atoms with Crippen LogP contribution in [0.15, 0.2) is 18.2 Å². The maximum Gasteiger partial charge on any atom is 0.498 e. The molecule has 1 aromatic heterocycles. The molecule has 2 aliphatic heterocycles. The highest BCUT2D eigenvalue weighted by Gasteiger charge is 2.52. The predicted molar refractivity (Wildman–Crippen MR) is 138 cm³/mol. The van der Waals surface area contributed by atoms with E-state index in [2.05, 4.69) is 0 Å². The largest absolute Gasteiger partial charge is 0.498 e. The SMILES string of the molecule is CC(C)(C)OC(=O)N1CCN(C(=O)c2cc3cc(OC(F)F)c(B4OC(C)(C)C(C)(C)O4)cc3s2)CC1. The monoisotopic (exact) mass is 538 g/mol. The zero-order valence-electron chi connectivity index (χ0n) is 22.2. The molecule has 4 rings (SSSR count). The Morgan fingerprint density at radius 3 is 2.11 bits per heavy atom. The average Bonchev–Trinajstić information content (AvgIpc) is 3.27. The van der Waals surface area contributed by atoms with E-state index >= 15 is 0 Å². The first-order chi connectivity index (χ1) is 17.1. The number of ether oxygens (including phenoxy) is 2. The topological polar surface area (TPSA) is 77.5 Å². The Morgan fingerprint density at radius 2 is 1.57 bits per heavy atom. The van der Waals surface area contributed by atoms with Gasteiger partial charge < -0.3 is 28.6 Å². The number of carbonyl (C=O) groups excluding carboxylic acids is 2. The molecule has 0 bridgehead atoms. The summed E-state index contributed by atoms with van der Waals surface area (Å²) in [5, 5.41) is 0.608. The first-order valence-electron chi connectivity index (χ1n) is 12.2. The molecule has 2 amide bonds. The van der Waals surface area contributed by atoms with Crippen molar-refractivity contribution in [3.63, 3.8) is 0 Å². The van der Waals surface area contributed by atoms with E-state index in [-0.39, 0.29) is 11.7 Å². The van der Waals surface area contributed by atoms with Crippen molar-refractivity contribution in [3.8, 4) is 5.75 Å². The van der Waals surface area contributed by atoms with E-state index in [0.717, 1.165) is 4.70 Å². The molecule has 0 N–H and O–H groups in total. The Balaban J connectivity index is 1.54. The van der Waals surface area contributed by atoms with E-state index in [0.29, 0.717) is 41.9 Å². The summed E-state index contributed by atoms with van der Waals surface area (Å²) in [5.74, 6) is -0.234. The zero-order chi connectivity index (χ0) is 27.3. The van der Waals surface area contributed by atoms with Crippen LogP contribution in [0, 0.1) is 0 Å². The first kappa shape index (κ1) is 27.6. The van der Waals surface area contributed by atoms with Crippen LogP contribution in [0.1, 0.15) is 58.1 Å². The van der Waals surface area contributed by atoms with Gasteiger partial charge in [0.2, 0.25) is 0 Å². The van der Waals surface area contributed by atoms with Gasteiger partial charge in [-0.1, -0.05) is 0 Å². The predicted octanol–water partition coefficient (Wildman–Crippen LogP) is 4.49.